The smallest absolute Gasteiger partial charge is 0.252 e. The van der Waals surface area contributed by atoms with Crippen LogP contribution in [-0.2, 0) is 6.42 Å². The number of rotatable bonds is 5. The summed E-state index contributed by atoms with van der Waals surface area (Å²) in [6.07, 6.45) is 2.68. The Morgan fingerprint density at radius 2 is 2.13 bits per heavy atom. The van der Waals surface area contributed by atoms with Crippen molar-refractivity contribution in [2.45, 2.75) is 11.3 Å². The number of hydrogen-bond acceptors (Lipinski definition) is 4. The van der Waals surface area contributed by atoms with E-state index >= 15 is 0 Å². The highest BCUT2D eigenvalue weighted by molar-refractivity contribution is 7.98. The van der Waals surface area contributed by atoms with Crippen LogP contribution in [0.15, 0.2) is 47.4 Å². The lowest BCUT2D eigenvalue weighted by Gasteiger charge is -2.07. The normalized spacial score (nSPS) is 10.9. The minimum atomic E-state index is -0.146. The molecule has 0 saturated carbocycles. The van der Waals surface area contributed by atoms with Crippen molar-refractivity contribution in [2.24, 2.45) is 0 Å². The second-order valence-electron chi connectivity index (χ2n) is 4.93. The number of nitrogens with one attached hydrogen (secondary N) is 1. The second-order valence-corrected chi connectivity index (χ2v) is 7.33. The van der Waals surface area contributed by atoms with E-state index in [1.807, 2.05) is 36.6 Å². The summed E-state index contributed by atoms with van der Waals surface area (Å²) in [7, 11) is 0. The Bertz CT molecular complexity index is 814. The Labute approximate surface area is 148 Å². The Morgan fingerprint density at radius 1 is 1.30 bits per heavy atom. The largest absolute Gasteiger partial charge is 0.352 e. The van der Waals surface area contributed by atoms with E-state index < -0.39 is 0 Å². The van der Waals surface area contributed by atoms with Gasteiger partial charge in [0.25, 0.3) is 5.91 Å². The molecule has 2 aromatic carbocycles. The van der Waals surface area contributed by atoms with E-state index in [1.54, 1.807) is 29.2 Å². The van der Waals surface area contributed by atoms with Crippen molar-refractivity contribution in [3.63, 3.8) is 0 Å². The molecule has 0 spiro atoms. The first-order valence-corrected chi connectivity index (χ1v) is 9.55. The monoisotopic (exact) mass is 362 g/mol. The molecule has 23 heavy (non-hydrogen) atoms. The lowest BCUT2D eigenvalue weighted by molar-refractivity contribution is 0.0954. The number of para-hydroxylation sites is 1. The molecular weight excluding hydrogens is 348 g/mol. The van der Waals surface area contributed by atoms with Crippen LogP contribution in [0.25, 0.3) is 10.2 Å². The summed E-state index contributed by atoms with van der Waals surface area (Å²) in [6.45, 7) is 0.540. The molecule has 0 bridgehead atoms. The zero-order chi connectivity index (χ0) is 16.2. The molecule has 0 aliphatic heterocycles. The molecule has 3 rings (SSSR count). The molecule has 0 aliphatic carbocycles. The predicted molar refractivity (Wildman–Crippen MR) is 98.9 cm³/mol. The Morgan fingerprint density at radius 3 is 2.91 bits per heavy atom. The van der Waals surface area contributed by atoms with Crippen LogP contribution in [0.1, 0.15) is 15.4 Å². The summed E-state index contributed by atoms with van der Waals surface area (Å²) in [6, 6.07) is 13.5. The fourth-order valence-electron chi connectivity index (χ4n) is 2.21. The summed E-state index contributed by atoms with van der Waals surface area (Å²) < 4.78 is 1.17. The maximum atomic E-state index is 12.3. The minimum Gasteiger partial charge on any atom is -0.352 e. The number of thiazole rings is 1. The second kappa shape index (κ2) is 7.34. The standard InChI is InChI=1S/C17H15ClN2OS2/c1-22-11-6-7-13(18)12(10-11)17(21)19-9-8-16-20-14-4-2-3-5-15(14)23-16/h2-7,10H,8-9H2,1H3,(H,19,21). The van der Waals surface area contributed by atoms with Crippen LogP contribution in [0.2, 0.25) is 5.02 Å². The van der Waals surface area contributed by atoms with Gasteiger partial charge in [-0.05, 0) is 36.6 Å². The Balaban J connectivity index is 1.63. The minimum absolute atomic E-state index is 0.146. The van der Waals surface area contributed by atoms with E-state index in [1.165, 1.54) is 4.70 Å². The van der Waals surface area contributed by atoms with Gasteiger partial charge >= 0.3 is 0 Å². The molecule has 118 valence electrons. The van der Waals surface area contributed by atoms with Gasteiger partial charge in [0, 0.05) is 17.9 Å². The van der Waals surface area contributed by atoms with Crippen molar-refractivity contribution in [2.75, 3.05) is 12.8 Å². The summed E-state index contributed by atoms with van der Waals surface area (Å²) in [5.41, 5.74) is 1.53. The molecule has 0 radical (unpaired) electrons. The molecule has 3 nitrogen and oxygen atoms in total. The SMILES string of the molecule is CSc1ccc(Cl)c(C(=O)NCCc2nc3ccccc3s2)c1. The van der Waals surface area contributed by atoms with Crippen molar-refractivity contribution < 1.29 is 4.79 Å². The highest BCUT2D eigenvalue weighted by atomic mass is 35.5. The van der Waals surface area contributed by atoms with Crippen LogP contribution in [0.5, 0.6) is 0 Å². The molecule has 1 heterocycles. The van der Waals surface area contributed by atoms with E-state index in [9.17, 15) is 4.79 Å². The first-order valence-electron chi connectivity index (χ1n) is 7.13. The molecule has 3 aromatic rings. The highest BCUT2D eigenvalue weighted by Crippen LogP contribution is 2.23. The van der Waals surface area contributed by atoms with Gasteiger partial charge in [0.05, 0.1) is 25.8 Å². The zero-order valence-electron chi connectivity index (χ0n) is 12.5. The van der Waals surface area contributed by atoms with Gasteiger partial charge in [-0.15, -0.1) is 23.1 Å². The van der Waals surface area contributed by atoms with Crippen LogP contribution < -0.4 is 5.32 Å². The number of thioether (sulfide) groups is 1. The van der Waals surface area contributed by atoms with Gasteiger partial charge < -0.3 is 5.32 Å². The third-order valence-electron chi connectivity index (χ3n) is 3.38. The number of nitrogens with zero attached hydrogens (tertiary/aromatic N) is 1. The molecule has 0 atom stereocenters. The van der Waals surface area contributed by atoms with Gasteiger partial charge in [-0.2, -0.15) is 0 Å². The maximum absolute atomic E-state index is 12.3. The van der Waals surface area contributed by atoms with Gasteiger partial charge in [-0.1, -0.05) is 23.7 Å². The first-order chi connectivity index (χ1) is 11.2. The fraction of sp³-hybridized carbons (Fsp3) is 0.176. The topological polar surface area (TPSA) is 42.0 Å². The number of fused-ring (bicyclic) bond motifs is 1. The zero-order valence-corrected chi connectivity index (χ0v) is 14.9. The van der Waals surface area contributed by atoms with Crippen LogP contribution in [-0.4, -0.2) is 23.7 Å². The van der Waals surface area contributed by atoms with E-state index in [0.29, 0.717) is 23.6 Å². The van der Waals surface area contributed by atoms with Gasteiger partial charge in [-0.25, -0.2) is 4.98 Å². The van der Waals surface area contributed by atoms with E-state index in [-0.39, 0.29) is 5.91 Å². The van der Waals surface area contributed by atoms with Crippen molar-refractivity contribution in [3.05, 3.63) is 58.1 Å². The van der Waals surface area contributed by atoms with E-state index in [2.05, 4.69) is 16.4 Å². The van der Waals surface area contributed by atoms with Gasteiger partial charge in [0.15, 0.2) is 0 Å². The predicted octanol–water partition coefficient (Wildman–Crippen LogP) is 4.64. The van der Waals surface area contributed by atoms with Crippen LogP contribution in [0.4, 0.5) is 0 Å². The van der Waals surface area contributed by atoms with Crippen LogP contribution in [0.3, 0.4) is 0 Å². The molecule has 0 aliphatic rings. The third-order valence-corrected chi connectivity index (χ3v) is 5.53. The quantitative estimate of drug-likeness (QED) is 0.672. The average Bonchev–Trinajstić information content (AvgIpc) is 2.98. The lowest BCUT2D eigenvalue weighted by atomic mass is 10.2. The summed E-state index contributed by atoms with van der Waals surface area (Å²) in [5, 5.41) is 4.41. The molecule has 0 fully saturated rings. The molecular formula is C17H15ClN2OS2. The number of halogens is 1. The molecule has 0 unspecified atom stereocenters. The number of carbonyl (C=O) groups excluding carboxylic acids is 1. The third kappa shape index (κ3) is 3.86. The van der Waals surface area contributed by atoms with Crippen LogP contribution >= 0.6 is 34.7 Å². The van der Waals surface area contributed by atoms with E-state index in [0.717, 1.165) is 15.4 Å². The molecule has 0 saturated heterocycles. The number of hydrogen-bond donors (Lipinski definition) is 1. The number of benzene rings is 2. The highest BCUT2D eigenvalue weighted by Gasteiger charge is 2.11. The summed E-state index contributed by atoms with van der Waals surface area (Å²) in [5.74, 6) is -0.146. The number of amides is 1. The van der Waals surface area contributed by atoms with Crippen molar-refractivity contribution in [1.82, 2.24) is 10.3 Å². The lowest BCUT2D eigenvalue weighted by Crippen LogP contribution is -2.26. The number of carbonyl (C=O) groups is 1. The Hall–Kier alpha value is -1.56. The molecule has 1 N–H and O–H groups in total. The van der Waals surface area contributed by atoms with Crippen molar-refractivity contribution in [3.8, 4) is 0 Å². The summed E-state index contributed by atoms with van der Waals surface area (Å²) in [4.78, 5) is 17.9. The van der Waals surface area contributed by atoms with Gasteiger partial charge in [-0.3, -0.25) is 4.79 Å². The van der Waals surface area contributed by atoms with Crippen LogP contribution in [0, 0.1) is 0 Å². The van der Waals surface area contributed by atoms with E-state index in [4.69, 9.17) is 11.6 Å². The van der Waals surface area contributed by atoms with Gasteiger partial charge in [0.1, 0.15) is 0 Å². The van der Waals surface area contributed by atoms with Gasteiger partial charge in [0.2, 0.25) is 0 Å². The molecule has 1 amide bonds. The molecule has 6 heteroatoms. The fourth-order valence-corrected chi connectivity index (χ4v) is 3.82. The van der Waals surface area contributed by atoms with Crippen molar-refractivity contribution >= 4 is 50.8 Å². The number of aromatic nitrogens is 1. The molecule has 1 aromatic heterocycles. The maximum Gasteiger partial charge on any atom is 0.252 e. The van der Waals surface area contributed by atoms with Crippen molar-refractivity contribution in [1.29, 1.82) is 0 Å². The Kier molecular flexibility index (Phi) is 5.20. The summed E-state index contributed by atoms with van der Waals surface area (Å²) >= 11 is 9.36. The average molecular weight is 363 g/mol. The first kappa shape index (κ1) is 16.3.